The van der Waals surface area contributed by atoms with E-state index in [1.165, 1.54) is 0 Å². The van der Waals surface area contributed by atoms with Crippen LogP contribution in [0.3, 0.4) is 0 Å². The number of hydrogen-bond acceptors (Lipinski definition) is 1. The van der Waals surface area contributed by atoms with Crippen molar-refractivity contribution in [2.75, 3.05) is 0 Å². The Morgan fingerprint density at radius 3 is 2.38 bits per heavy atom. The van der Waals surface area contributed by atoms with Crippen molar-refractivity contribution in [3.63, 3.8) is 0 Å². The van der Waals surface area contributed by atoms with Gasteiger partial charge in [-0.1, -0.05) is 0 Å². The molecule has 1 atom stereocenters. The van der Waals surface area contributed by atoms with Crippen LogP contribution in [0.15, 0.2) is 0 Å². The normalized spacial score (nSPS) is 39.0. The van der Waals surface area contributed by atoms with E-state index in [9.17, 15) is 0 Å². The molecule has 0 aromatic rings. The second-order valence-corrected chi connectivity index (χ2v) is 4.57. The third kappa shape index (κ3) is 0.437. The fraction of sp³-hybridized carbons (Fsp3) is 1.00. The molecule has 0 bridgehead atoms. The van der Waals surface area contributed by atoms with Gasteiger partial charge >= 0.3 is 70.0 Å². The van der Waals surface area contributed by atoms with Crippen LogP contribution in [0.2, 0.25) is 5.11 Å². The molecule has 0 aromatic heterocycles. The van der Waals surface area contributed by atoms with E-state index in [0.717, 1.165) is 17.4 Å². The summed E-state index contributed by atoms with van der Waals surface area (Å²) in [5.74, 6) is 0. The molecule has 0 nitrogen and oxygen atoms in total. The molecule has 0 saturated carbocycles. The van der Waals surface area contributed by atoms with Gasteiger partial charge in [0, 0.05) is 0 Å². The Kier molecular flexibility index (Phi) is 1.07. The van der Waals surface area contributed by atoms with Gasteiger partial charge in [0.2, 0.25) is 0 Å². The Bertz CT molecular complexity index is 162. The maximum absolute atomic E-state index is 4.84. The van der Waals surface area contributed by atoms with Gasteiger partial charge in [-0.2, -0.15) is 0 Å². The van der Waals surface area contributed by atoms with E-state index in [1.54, 1.807) is 0 Å². The number of hydrogen-bond donors (Lipinski definition) is 0. The zero-order valence-electron chi connectivity index (χ0n) is 4.60. The summed E-state index contributed by atoms with van der Waals surface area (Å²) in [6.45, 7) is 4.11. The third-order valence-electron chi connectivity index (χ3n) is 2.66. The Labute approximate surface area is 69.7 Å². The molecule has 0 aromatic carbocycles. The molecule has 8 heavy (non-hydrogen) atoms. The van der Waals surface area contributed by atoms with Gasteiger partial charge in [0.1, 0.15) is 0 Å². The molecule has 2 fully saturated rings. The van der Waals surface area contributed by atoms with E-state index in [1.807, 2.05) is 6.05 Å². The van der Waals surface area contributed by atoms with Crippen LogP contribution in [-0.2, 0) is 0 Å². The average molecular weight is 229 g/mol. The Balaban J connectivity index is 2.11. The summed E-state index contributed by atoms with van der Waals surface area (Å²) in [5.41, 5.74) is 0. The minimum atomic E-state index is 0.669. The van der Waals surface area contributed by atoms with Gasteiger partial charge in [-0.15, -0.1) is 0 Å². The van der Waals surface area contributed by atoms with E-state index in [-0.39, 0.29) is 0 Å². The average Bonchev–Trinajstić information content (AvgIpc) is 2.51. The zero-order chi connectivity index (χ0) is 5.94. The van der Waals surface area contributed by atoms with Crippen LogP contribution < -0.4 is 0 Å². The molecule has 0 radical (unpaired) electrons. The molecule has 2 aliphatic heterocycles. The molecule has 0 spiro atoms. The van der Waals surface area contributed by atoms with Crippen LogP contribution in [0.5, 0.6) is 0 Å². The number of halogens is 1. The Hall–Kier alpha value is 1.21. The van der Waals surface area contributed by atoms with Gasteiger partial charge in [0.05, 0.1) is 0 Å². The molecule has 0 N–H and O–H groups in total. The van der Waals surface area contributed by atoms with Crippen molar-refractivity contribution in [3.05, 3.63) is 0 Å². The predicted octanol–water partition coefficient (Wildman–Crippen LogP) is 0.739. The SMILES string of the molecule is CC12B(I)B1B2B=S. The predicted molar refractivity (Wildman–Crippen MR) is 53.0 cm³/mol. The second-order valence-electron chi connectivity index (χ2n) is 2.96. The topological polar surface area (TPSA) is 0 Å². The molecular weight excluding hydrogens is 226 g/mol. The van der Waals surface area contributed by atoms with Crippen molar-refractivity contribution in [1.82, 2.24) is 0 Å². The maximum atomic E-state index is 4.84. The molecule has 1 unspecified atom stereocenters. The summed E-state index contributed by atoms with van der Waals surface area (Å²) in [6, 6.07) is 1.94. The number of rotatable bonds is 1. The van der Waals surface area contributed by atoms with Crippen LogP contribution in [-0.4, -0.2) is 23.5 Å². The summed E-state index contributed by atoms with van der Waals surface area (Å²) < 4.78 is 0.948. The zero-order valence-corrected chi connectivity index (χ0v) is 7.57. The van der Waals surface area contributed by atoms with Gasteiger partial charge in [-0.25, -0.2) is 0 Å². The molecule has 36 valence electrons. The molecule has 2 aliphatic rings. The summed E-state index contributed by atoms with van der Waals surface area (Å²) in [4.78, 5) is 0. The van der Waals surface area contributed by atoms with Crippen molar-refractivity contribution >= 4 is 57.9 Å². The monoisotopic (exact) mass is 230 g/mol. The molecule has 0 amide bonds. The van der Waals surface area contributed by atoms with Gasteiger partial charge < -0.3 is 0 Å². The van der Waals surface area contributed by atoms with Crippen molar-refractivity contribution in [2.45, 2.75) is 12.0 Å². The molecule has 2 heterocycles. The first-order chi connectivity index (χ1) is 3.73. The van der Waals surface area contributed by atoms with Crippen molar-refractivity contribution < 1.29 is 0 Å². The van der Waals surface area contributed by atoms with Gasteiger partial charge in [-0.3, -0.25) is 0 Å². The van der Waals surface area contributed by atoms with E-state index >= 15 is 0 Å². The molecule has 6 heteroatoms. The van der Waals surface area contributed by atoms with Gasteiger partial charge in [0.25, 0.3) is 0 Å². The van der Waals surface area contributed by atoms with E-state index in [4.69, 9.17) is 12.1 Å². The van der Waals surface area contributed by atoms with Crippen molar-refractivity contribution in [3.8, 4) is 0 Å². The van der Waals surface area contributed by atoms with E-state index in [2.05, 4.69) is 29.3 Å². The first-order valence-corrected chi connectivity index (χ1v) is 4.54. The Morgan fingerprint density at radius 2 is 2.25 bits per heavy atom. The van der Waals surface area contributed by atoms with Crippen LogP contribution in [0, 0.1) is 0 Å². The minimum absolute atomic E-state index is 0.669. The summed E-state index contributed by atoms with van der Waals surface area (Å²) in [6.07, 6.45) is 0. The summed E-state index contributed by atoms with van der Waals surface area (Å²) >= 11 is 7.36. The van der Waals surface area contributed by atoms with Crippen LogP contribution in [0.25, 0.3) is 0 Å². The first-order valence-electron chi connectivity index (χ1n) is 2.82. The summed E-state index contributed by atoms with van der Waals surface area (Å²) in [5, 5.41) is 0.669. The number of fused-ring (bicyclic) bond motifs is 1. The van der Waals surface area contributed by atoms with E-state index in [0.29, 0.717) is 5.11 Å². The van der Waals surface area contributed by atoms with Crippen molar-refractivity contribution in [2.24, 2.45) is 0 Å². The fourth-order valence-corrected chi connectivity index (χ4v) is 3.90. The van der Waals surface area contributed by atoms with Crippen LogP contribution in [0.1, 0.15) is 6.92 Å². The van der Waals surface area contributed by atoms with Crippen molar-refractivity contribution in [1.29, 1.82) is 0 Å². The first kappa shape index (κ1) is 5.95. The fourth-order valence-electron chi connectivity index (χ4n) is 1.59. The van der Waals surface area contributed by atoms with Gasteiger partial charge in [0.15, 0.2) is 0 Å². The molecule has 0 aliphatic carbocycles. The van der Waals surface area contributed by atoms with Crippen LogP contribution >= 0.6 is 34.4 Å². The molecule has 2 saturated heterocycles. The van der Waals surface area contributed by atoms with E-state index < -0.39 is 0 Å². The van der Waals surface area contributed by atoms with Crippen LogP contribution in [0.4, 0.5) is 0 Å². The quantitative estimate of drug-likeness (QED) is 0.472. The summed E-state index contributed by atoms with van der Waals surface area (Å²) in [7, 11) is 0. The molecular formula is C2H3B4IS. The van der Waals surface area contributed by atoms with Gasteiger partial charge in [-0.05, 0) is 0 Å². The standard InChI is InChI=1S/C2H3B4IS/c1-2-4(3-8)5(2)6(2)7/h1H3. The molecule has 2 rings (SSSR count). The second kappa shape index (κ2) is 1.44. The third-order valence-corrected chi connectivity index (χ3v) is 5.07. The Morgan fingerprint density at radius 1 is 1.75 bits per heavy atom.